The summed E-state index contributed by atoms with van der Waals surface area (Å²) in [4.78, 5) is 40.7. The number of cyclic esters (lactones) is 1. The summed E-state index contributed by atoms with van der Waals surface area (Å²) in [7, 11) is 0. The van der Waals surface area contributed by atoms with Crippen LogP contribution >= 0.6 is 0 Å². The van der Waals surface area contributed by atoms with Crippen LogP contribution in [-0.2, 0) is 28.3 Å². The molecular weight excluding hydrogens is 378 g/mol. The normalized spacial score (nSPS) is 20.6. The van der Waals surface area contributed by atoms with Crippen LogP contribution < -0.4 is 5.56 Å². The minimum absolute atomic E-state index is 0.0434. The first-order chi connectivity index (χ1) is 13.8. The first-order valence-corrected chi connectivity index (χ1v) is 9.01. The number of nitrogens with zero attached hydrogens (tertiary/aromatic N) is 3. The summed E-state index contributed by atoms with van der Waals surface area (Å²) in [6.07, 6.45) is 0. The highest BCUT2D eigenvalue weighted by Gasteiger charge is 2.56. The van der Waals surface area contributed by atoms with Crippen LogP contribution in [0.15, 0.2) is 41.2 Å². The maximum absolute atomic E-state index is 13.1. The van der Waals surface area contributed by atoms with Gasteiger partial charge in [0.25, 0.3) is 17.2 Å². The van der Waals surface area contributed by atoms with Crippen molar-refractivity contribution in [1.29, 1.82) is 0 Å². The number of hydrogen-bond donors (Lipinski definition) is 1. The fourth-order valence-corrected chi connectivity index (χ4v) is 4.10. The molecule has 9 nitrogen and oxygen atoms in total. The number of aliphatic hydroxyl groups is 1. The van der Waals surface area contributed by atoms with Crippen molar-refractivity contribution in [2.75, 3.05) is 0 Å². The molecule has 4 heterocycles. The minimum atomic E-state index is -2.55. The summed E-state index contributed by atoms with van der Waals surface area (Å²) < 4.78 is 6.44. The fraction of sp³-hybridized carbons (Fsp3) is 0.250. The van der Waals surface area contributed by atoms with Crippen molar-refractivity contribution in [2.24, 2.45) is 0 Å². The monoisotopic (exact) mass is 393 g/mol. The van der Waals surface area contributed by atoms with Gasteiger partial charge in [0.15, 0.2) is 0 Å². The fourth-order valence-electron chi connectivity index (χ4n) is 4.10. The van der Waals surface area contributed by atoms with Crippen LogP contribution in [0.1, 0.15) is 23.6 Å². The number of rotatable bonds is 2. The van der Waals surface area contributed by atoms with Gasteiger partial charge in [-0.25, -0.2) is 9.78 Å². The van der Waals surface area contributed by atoms with Crippen molar-refractivity contribution in [3.8, 4) is 11.4 Å². The molecule has 9 heteroatoms. The molecule has 0 bridgehead atoms. The standard InChI is InChI=1S/C20H15N3O6/c1-10(23(27)28)20(26)14-7-16-17-12(6-11-4-2-3-5-15(11)21-17)8-22(16)18(24)13(14)9-29-19(20)25/h2-7,10,26H,8-9H2,1H3. The van der Waals surface area contributed by atoms with Crippen LogP contribution in [0.4, 0.5) is 0 Å². The lowest BCUT2D eigenvalue weighted by molar-refractivity contribution is -0.540. The zero-order valence-electron chi connectivity index (χ0n) is 15.3. The molecule has 1 aromatic carbocycles. The van der Waals surface area contributed by atoms with Crippen LogP contribution in [0.3, 0.4) is 0 Å². The van der Waals surface area contributed by atoms with E-state index in [1.807, 2.05) is 30.3 Å². The maximum atomic E-state index is 13.1. The number of ether oxygens (including phenoxy) is 1. The Hall–Kier alpha value is -3.59. The number of carbonyl (C=O) groups is 1. The average Bonchev–Trinajstić information content (AvgIpc) is 3.06. The van der Waals surface area contributed by atoms with Gasteiger partial charge in [-0.1, -0.05) is 18.2 Å². The lowest BCUT2D eigenvalue weighted by Crippen LogP contribution is -2.53. The molecular formula is C20H15N3O6. The van der Waals surface area contributed by atoms with Gasteiger partial charge in [0, 0.05) is 28.4 Å². The molecule has 3 aromatic rings. The molecule has 2 unspecified atom stereocenters. The number of aromatic nitrogens is 2. The van der Waals surface area contributed by atoms with Gasteiger partial charge in [0.2, 0.25) is 0 Å². The predicted molar refractivity (Wildman–Crippen MR) is 101 cm³/mol. The van der Waals surface area contributed by atoms with Crippen LogP contribution in [0.25, 0.3) is 22.3 Å². The Bertz CT molecular complexity index is 1300. The van der Waals surface area contributed by atoms with E-state index >= 15 is 0 Å². The summed E-state index contributed by atoms with van der Waals surface area (Å²) in [5, 5.41) is 23.3. The predicted octanol–water partition coefficient (Wildman–Crippen LogP) is 1.33. The molecule has 5 rings (SSSR count). The topological polar surface area (TPSA) is 125 Å². The minimum Gasteiger partial charge on any atom is -0.458 e. The van der Waals surface area contributed by atoms with Crippen LogP contribution in [0.5, 0.6) is 0 Å². The molecule has 2 atom stereocenters. The van der Waals surface area contributed by atoms with Gasteiger partial charge in [-0.2, -0.15) is 0 Å². The van der Waals surface area contributed by atoms with E-state index in [0.29, 0.717) is 11.4 Å². The van der Waals surface area contributed by atoms with E-state index in [2.05, 4.69) is 4.98 Å². The second-order valence-electron chi connectivity index (χ2n) is 7.31. The lowest BCUT2D eigenvalue weighted by atomic mass is 9.83. The maximum Gasteiger partial charge on any atom is 0.350 e. The molecule has 29 heavy (non-hydrogen) atoms. The largest absolute Gasteiger partial charge is 0.458 e. The Kier molecular flexibility index (Phi) is 3.45. The van der Waals surface area contributed by atoms with Gasteiger partial charge in [0.05, 0.1) is 29.0 Å². The van der Waals surface area contributed by atoms with Crippen LogP contribution in [0.2, 0.25) is 0 Å². The molecule has 0 radical (unpaired) electrons. The van der Waals surface area contributed by atoms with E-state index in [4.69, 9.17) is 4.74 Å². The second-order valence-corrected chi connectivity index (χ2v) is 7.31. The van der Waals surface area contributed by atoms with E-state index < -0.39 is 28.1 Å². The number of carbonyl (C=O) groups excluding carboxylic acids is 1. The number of fused-ring (bicyclic) bond motifs is 5. The number of nitro groups is 1. The highest BCUT2D eigenvalue weighted by atomic mass is 16.6. The summed E-state index contributed by atoms with van der Waals surface area (Å²) in [5.74, 6) is -1.14. The zero-order chi connectivity index (χ0) is 20.5. The molecule has 146 valence electrons. The van der Waals surface area contributed by atoms with Gasteiger partial charge in [-0.05, 0) is 18.2 Å². The van der Waals surface area contributed by atoms with Gasteiger partial charge in [-0.15, -0.1) is 0 Å². The Labute approximate surface area is 163 Å². The number of para-hydroxylation sites is 1. The van der Waals surface area contributed by atoms with Gasteiger partial charge >= 0.3 is 5.97 Å². The third kappa shape index (κ3) is 2.21. The molecule has 2 aliphatic rings. The highest BCUT2D eigenvalue weighted by Crippen LogP contribution is 2.39. The van der Waals surface area contributed by atoms with Crippen molar-refractivity contribution in [3.05, 3.63) is 73.6 Å². The van der Waals surface area contributed by atoms with E-state index in [9.17, 15) is 24.8 Å². The third-order valence-corrected chi connectivity index (χ3v) is 5.76. The third-order valence-electron chi connectivity index (χ3n) is 5.76. The molecule has 0 amide bonds. The van der Waals surface area contributed by atoms with Crippen molar-refractivity contribution in [3.63, 3.8) is 0 Å². The number of esters is 1. The molecule has 0 spiro atoms. The molecule has 0 saturated heterocycles. The van der Waals surface area contributed by atoms with Crippen molar-refractivity contribution < 1.29 is 19.6 Å². The molecule has 2 aromatic heterocycles. The Morgan fingerprint density at radius 3 is 2.83 bits per heavy atom. The SMILES string of the molecule is CC([N+](=O)[O-])C1(O)C(=O)OCc2c1cc1n(c2=O)Cc2cc3ccccc3nc2-1. The summed E-state index contributed by atoms with van der Waals surface area (Å²) in [5.41, 5.74) is -0.526. The zero-order valence-corrected chi connectivity index (χ0v) is 15.3. The Balaban J connectivity index is 1.80. The Morgan fingerprint density at radius 2 is 2.07 bits per heavy atom. The van der Waals surface area contributed by atoms with Crippen molar-refractivity contribution >= 4 is 16.9 Å². The Morgan fingerprint density at radius 1 is 1.31 bits per heavy atom. The van der Waals surface area contributed by atoms with E-state index in [1.54, 1.807) is 0 Å². The average molecular weight is 393 g/mol. The number of benzene rings is 1. The second kappa shape index (κ2) is 5.71. The van der Waals surface area contributed by atoms with Crippen molar-refractivity contribution in [2.45, 2.75) is 31.7 Å². The van der Waals surface area contributed by atoms with Crippen molar-refractivity contribution in [1.82, 2.24) is 9.55 Å². The van der Waals surface area contributed by atoms with Crippen LogP contribution in [0, 0.1) is 10.1 Å². The highest BCUT2D eigenvalue weighted by molar-refractivity contribution is 5.86. The van der Waals surface area contributed by atoms with E-state index in [-0.39, 0.29) is 24.3 Å². The van der Waals surface area contributed by atoms with E-state index in [1.165, 1.54) is 10.6 Å². The van der Waals surface area contributed by atoms with E-state index in [0.717, 1.165) is 23.4 Å². The quantitative estimate of drug-likeness (QED) is 0.309. The van der Waals surface area contributed by atoms with Gasteiger partial charge < -0.3 is 14.4 Å². The number of hydrogen-bond acceptors (Lipinski definition) is 7. The summed E-state index contributed by atoms with van der Waals surface area (Å²) in [6.45, 7) is 1.05. The van der Waals surface area contributed by atoms with Crippen LogP contribution in [-0.4, -0.2) is 31.6 Å². The molecule has 2 aliphatic heterocycles. The molecule has 0 saturated carbocycles. The van der Waals surface area contributed by atoms with Gasteiger partial charge in [0.1, 0.15) is 6.61 Å². The smallest absolute Gasteiger partial charge is 0.350 e. The summed E-state index contributed by atoms with van der Waals surface area (Å²) >= 11 is 0. The number of pyridine rings is 2. The van der Waals surface area contributed by atoms with Gasteiger partial charge in [-0.3, -0.25) is 14.9 Å². The first-order valence-electron chi connectivity index (χ1n) is 9.01. The lowest BCUT2D eigenvalue weighted by Gasteiger charge is -2.32. The summed E-state index contributed by atoms with van der Waals surface area (Å²) in [6, 6.07) is 9.22. The molecule has 0 fully saturated rings. The molecule has 1 N–H and O–H groups in total. The molecule has 0 aliphatic carbocycles. The first kappa shape index (κ1) is 17.5.